The molecular formula is C14H22O2S. The van der Waals surface area contributed by atoms with Gasteiger partial charge < -0.3 is 0 Å². The average molecular weight is 254 g/mol. The monoisotopic (exact) mass is 254 g/mol. The van der Waals surface area contributed by atoms with Crippen molar-refractivity contribution in [3.8, 4) is 0 Å². The third-order valence-corrected chi connectivity index (χ3v) is 4.87. The molecule has 0 saturated carbocycles. The van der Waals surface area contributed by atoms with Crippen LogP contribution in [0.4, 0.5) is 0 Å². The first kappa shape index (κ1) is 14.2. The van der Waals surface area contributed by atoms with Crippen molar-refractivity contribution in [3.05, 3.63) is 29.8 Å². The van der Waals surface area contributed by atoms with Crippen molar-refractivity contribution in [1.82, 2.24) is 0 Å². The standard InChI is InChI=1S/C14H22O2S/c1-11(2)17(15,16)13-9-7-6-8-12(13)10-14(3,4)5/h6-9,11H,10H2,1-5H3. The smallest absolute Gasteiger partial charge is 0.180 e. The van der Waals surface area contributed by atoms with Gasteiger partial charge in [0.25, 0.3) is 0 Å². The van der Waals surface area contributed by atoms with E-state index in [2.05, 4.69) is 20.8 Å². The van der Waals surface area contributed by atoms with Crippen molar-refractivity contribution in [2.75, 3.05) is 0 Å². The summed E-state index contributed by atoms with van der Waals surface area (Å²) < 4.78 is 24.5. The summed E-state index contributed by atoms with van der Waals surface area (Å²) in [4.78, 5) is 0.491. The molecule has 0 heterocycles. The fourth-order valence-corrected chi connectivity index (χ4v) is 3.03. The lowest BCUT2D eigenvalue weighted by atomic mass is 9.88. The maximum Gasteiger partial charge on any atom is 0.180 e. The largest absolute Gasteiger partial charge is 0.223 e. The van der Waals surface area contributed by atoms with Gasteiger partial charge >= 0.3 is 0 Å². The van der Waals surface area contributed by atoms with E-state index < -0.39 is 9.84 Å². The minimum absolute atomic E-state index is 0.0859. The van der Waals surface area contributed by atoms with Gasteiger partial charge in [-0.1, -0.05) is 39.0 Å². The maximum absolute atomic E-state index is 12.2. The van der Waals surface area contributed by atoms with E-state index in [1.54, 1.807) is 26.0 Å². The van der Waals surface area contributed by atoms with E-state index in [0.717, 1.165) is 12.0 Å². The van der Waals surface area contributed by atoms with E-state index in [1.807, 2.05) is 12.1 Å². The SMILES string of the molecule is CC(C)S(=O)(=O)c1ccccc1CC(C)(C)C. The summed E-state index contributed by atoms with van der Waals surface area (Å²) in [5.74, 6) is 0. The Morgan fingerprint density at radius 3 is 2.12 bits per heavy atom. The van der Waals surface area contributed by atoms with Gasteiger partial charge in [-0.25, -0.2) is 8.42 Å². The highest BCUT2D eigenvalue weighted by Crippen LogP contribution is 2.27. The van der Waals surface area contributed by atoms with Crippen LogP contribution in [0.15, 0.2) is 29.2 Å². The normalized spacial score (nSPS) is 13.1. The van der Waals surface area contributed by atoms with E-state index in [0.29, 0.717) is 4.90 Å². The molecule has 2 nitrogen and oxygen atoms in total. The van der Waals surface area contributed by atoms with Crippen LogP contribution in [0.5, 0.6) is 0 Å². The summed E-state index contributed by atoms with van der Waals surface area (Å²) in [5.41, 5.74) is 1.01. The molecule has 0 bridgehead atoms. The molecule has 0 amide bonds. The number of benzene rings is 1. The van der Waals surface area contributed by atoms with Crippen molar-refractivity contribution < 1.29 is 8.42 Å². The van der Waals surface area contributed by atoms with Crippen molar-refractivity contribution >= 4 is 9.84 Å². The summed E-state index contributed by atoms with van der Waals surface area (Å²) in [5, 5.41) is -0.372. The maximum atomic E-state index is 12.2. The van der Waals surface area contributed by atoms with Gasteiger partial charge in [-0.15, -0.1) is 0 Å². The Labute approximate surface area is 105 Å². The Hall–Kier alpha value is -0.830. The molecule has 1 aromatic carbocycles. The van der Waals surface area contributed by atoms with Crippen LogP contribution in [0, 0.1) is 5.41 Å². The first-order valence-electron chi connectivity index (χ1n) is 5.96. The average Bonchev–Trinajstić information content (AvgIpc) is 2.15. The lowest BCUT2D eigenvalue weighted by molar-refractivity contribution is 0.408. The van der Waals surface area contributed by atoms with Crippen LogP contribution in [-0.4, -0.2) is 13.7 Å². The van der Waals surface area contributed by atoms with E-state index in [9.17, 15) is 8.42 Å². The number of sulfone groups is 1. The number of hydrogen-bond donors (Lipinski definition) is 0. The van der Waals surface area contributed by atoms with Crippen molar-refractivity contribution in [2.24, 2.45) is 5.41 Å². The molecule has 0 unspecified atom stereocenters. The molecule has 0 fully saturated rings. The molecule has 0 aromatic heterocycles. The van der Waals surface area contributed by atoms with E-state index in [-0.39, 0.29) is 10.7 Å². The predicted molar refractivity (Wildman–Crippen MR) is 71.9 cm³/mol. The topological polar surface area (TPSA) is 34.1 Å². The molecule has 1 aromatic rings. The highest BCUT2D eigenvalue weighted by Gasteiger charge is 2.24. The lowest BCUT2D eigenvalue weighted by Crippen LogP contribution is -2.18. The molecule has 96 valence electrons. The molecule has 0 atom stereocenters. The molecule has 0 radical (unpaired) electrons. The highest BCUT2D eigenvalue weighted by molar-refractivity contribution is 7.92. The van der Waals surface area contributed by atoms with Gasteiger partial charge in [0, 0.05) is 0 Å². The Bertz CT molecular complexity index is 479. The van der Waals surface area contributed by atoms with Crippen LogP contribution in [0.3, 0.4) is 0 Å². The molecule has 0 aliphatic heterocycles. The summed E-state index contributed by atoms with van der Waals surface area (Å²) in [6.45, 7) is 9.80. The van der Waals surface area contributed by atoms with Crippen LogP contribution >= 0.6 is 0 Å². The fraction of sp³-hybridized carbons (Fsp3) is 0.571. The molecule has 0 aliphatic rings. The minimum Gasteiger partial charge on any atom is -0.223 e. The second-order valence-corrected chi connectivity index (χ2v) is 8.41. The van der Waals surface area contributed by atoms with Crippen molar-refractivity contribution in [1.29, 1.82) is 0 Å². The molecule has 1 rings (SSSR count). The Morgan fingerprint density at radius 1 is 1.12 bits per heavy atom. The van der Waals surface area contributed by atoms with Gasteiger partial charge in [0.1, 0.15) is 0 Å². The quantitative estimate of drug-likeness (QED) is 0.828. The van der Waals surface area contributed by atoms with Crippen molar-refractivity contribution in [2.45, 2.75) is 51.2 Å². The van der Waals surface area contributed by atoms with Gasteiger partial charge in [-0.05, 0) is 37.3 Å². The van der Waals surface area contributed by atoms with Gasteiger partial charge in [0.05, 0.1) is 10.1 Å². The van der Waals surface area contributed by atoms with Gasteiger partial charge in [0.2, 0.25) is 0 Å². The molecule has 0 aliphatic carbocycles. The number of rotatable bonds is 3. The zero-order valence-corrected chi connectivity index (χ0v) is 12.1. The Balaban J connectivity index is 3.27. The lowest BCUT2D eigenvalue weighted by Gasteiger charge is -2.21. The van der Waals surface area contributed by atoms with Gasteiger partial charge in [0.15, 0.2) is 9.84 Å². The van der Waals surface area contributed by atoms with Crippen LogP contribution in [0.1, 0.15) is 40.2 Å². The first-order valence-corrected chi connectivity index (χ1v) is 7.51. The molecule has 3 heteroatoms. The van der Waals surface area contributed by atoms with Gasteiger partial charge in [-0.2, -0.15) is 0 Å². The molecular weight excluding hydrogens is 232 g/mol. The third-order valence-electron chi connectivity index (χ3n) is 2.62. The summed E-state index contributed by atoms with van der Waals surface area (Å²) >= 11 is 0. The third kappa shape index (κ3) is 3.56. The predicted octanol–water partition coefficient (Wildman–Crippen LogP) is 3.46. The Morgan fingerprint density at radius 2 is 1.65 bits per heavy atom. The zero-order valence-electron chi connectivity index (χ0n) is 11.3. The van der Waals surface area contributed by atoms with Crippen LogP contribution in [0.2, 0.25) is 0 Å². The molecule has 0 spiro atoms. The van der Waals surface area contributed by atoms with Gasteiger partial charge in [-0.3, -0.25) is 0 Å². The zero-order chi connectivity index (χ0) is 13.3. The van der Waals surface area contributed by atoms with Crippen LogP contribution in [-0.2, 0) is 16.3 Å². The summed E-state index contributed by atoms with van der Waals surface area (Å²) in [7, 11) is -3.18. The van der Waals surface area contributed by atoms with E-state index >= 15 is 0 Å². The summed E-state index contributed by atoms with van der Waals surface area (Å²) in [6.07, 6.45) is 0.773. The molecule has 17 heavy (non-hydrogen) atoms. The second-order valence-electron chi connectivity index (χ2n) is 5.94. The highest BCUT2D eigenvalue weighted by atomic mass is 32.2. The minimum atomic E-state index is -3.18. The van der Waals surface area contributed by atoms with E-state index in [4.69, 9.17) is 0 Å². The first-order chi connectivity index (χ1) is 7.64. The fourth-order valence-electron chi connectivity index (χ4n) is 1.75. The van der Waals surface area contributed by atoms with Crippen molar-refractivity contribution in [3.63, 3.8) is 0 Å². The molecule has 0 saturated heterocycles. The molecule has 0 N–H and O–H groups in total. The Kier molecular flexibility index (Phi) is 4.03. The van der Waals surface area contributed by atoms with E-state index in [1.165, 1.54) is 0 Å². The number of hydrogen-bond acceptors (Lipinski definition) is 2. The second kappa shape index (κ2) is 4.81. The summed E-state index contributed by atoms with van der Waals surface area (Å²) in [6, 6.07) is 7.33. The van der Waals surface area contributed by atoms with Crippen LogP contribution < -0.4 is 0 Å². The van der Waals surface area contributed by atoms with Crippen LogP contribution in [0.25, 0.3) is 0 Å².